The van der Waals surface area contributed by atoms with Crippen LogP contribution in [0.1, 0.15) is 22.8 Å². The predicted molar refractivity (Wildman–Crippen MR) is 59.2 cm³/mol. The van der Waals surface area contributed by atoms with Gasteiger partial charge in [-0.3, -0.25) is 0 Å². The zero-order chi connectivity index (χ0) is 10.7. The maximum Gasteiger partial charge on any atom is 0.338 e. The number of anilines is 1. The highest BCUT2D eigenvalue weighted by Crippen LogP contribution is 2.25. The highest BCUT2D eigenvalue weighted by molar-refractivity contribution is 9.10. The van der Waals surface area contributed by atoms with E-state index in [9.17, 15) is 4.79 Å². The zero-order valence-electron chi connectivity index (χ0n) is 8.13. The number of rotatable bonds is 2. The van der Waals surface area contributed by atoms with E-state index in [1.807, 2.05) is 6.92 Å². The highest BCUT2D eigenvalue weighted by atomic mass is 79.9. The van der Waals surface area contributed by atoms with Crippen LogP contribution in [0.15, 0.2) is 16.6 Å². The quantitative estimate of drug-likeness (QED) is 0.655. The summed E-state index contributed by atoms with van der Waals surface area (Å²) >= 11 is 3.32. The summed E-state index contributed by atoms with van der Waals surface area (Å²) in [5.74, 6) is -0.338. The molecule has 0 spiro atoms. The second-order valence-corrected chi connectivity index (χ2v) is 3.71. The van der Waals surface area contributed by atoms with E-state index in [0.717, 1.165) is 10.0 Å². The first-order valence-electron chi connectivity index (χ1n) is 4.29. The fraction of sp³-hybridized carbons (Fsp3) is 0.300. The molecule has 0 heterocycles. The van der Waals surface area contributed by atoms with E-state index in [1.54, 1.807) is 19.1 Å². The number of halogens is 1. The van der Waals surface area contributed by atoms with E-state index in [2.05, 4.69) is 15.9 Å². The fourth-order valence-corrected chi connectivity index (χ4v) is 1.36. The van der Waals surface area contributed by atoms with Crippen molar-refractivity contribution in [1.82, 2.24) is 0 Å². The van der Waals surface area contributed by atoms with Crippen molar-refractivity contribution in [2.75, 3.05) is 12.3 Å². The van der Waals surface area contributed by atoms with Crippen LogP contribution in [0.2, 0.25) is 0 Å². The monoisotopic (exact) mass is 257 g/mol. The Morgan fingerprint density at radius 3 is 2.71 bits per heavy atom. The van der Waals surface area contributed by atoms with E-state index in [1.165, 1.54) is 0 Å². The second-order valence-electron chi connectivity index (χ2n) is 2.92. The fourth-order valence-electron chi connectivity index (χ4n) is 1.13. The smallest absolute Gasteiger partial charge is 0.338 e. The van der Waals surface area contributed by atoms with Crippen LogP contribution in [0.3, 0.4) is 0 Å². The third-order valence-corrected chi connectivity index (χ3v) is 2.88. The summed E-state index contributed by atoms with van der Waals surface area (Å²) in [6, 6.07) is 3.35. The molecule has 2 N–H and O–H groups in total. The molecule has 0 radical (unpaired) electrons. The number of nitrogen functional groups attached to an aromatic ring is 1. The molecule has 0 saturated carbocycles. The first kappa shape index (κ1) is 11.0. The molecule has 0 amide bonds. The molecule has 3 nitrogen and oxygen atoms in total. The van der Waals surface area contributed by atoms with Gasteiger partial charge in [-0.2, -0.15) is 0 Å². The van der Waals surface area contributed by atoms with Crippen LogP contribution in [0.25, 0.3) is 0 Å². The van der Waals surface area contributed by atoms with Crippen molar-refractivity contribution in [3.8, 4) is 0 Å². The number of esters is 1. The summed E-state index contributed by atoms with van der Waals surface area (Å²) in [6.07, 6.45) is 0. The summed E-state index contributed by atoms with van der Waals surface area (Å²) in [7, 11) is 0. The molecule has 0 aliphatic carbocycles. The molecular formula is C10H12BrNO2. The first-order valence-corrected chi connectivity index (χ1v) is 5.08. The predicted octanol–water partition coefficient (Wildman–Crippen LogP) is 2.52. The molecular weight excluding hydrogens is 246 g/mol. The van der Waals surface area contributed by atoms with Gasteiger partial charge in [0.15, 0.2) is 0 Å². The van der Waals surface area contributed by atoms with Gasteiger partial charge in [0.05, 0.1) is 12.2 Å². The summed E-state index contributed by atoms with van der Waals surface area (Å²) in [5.41, 5.74) is 7.66. The minimum absolute atomic E-state index is 0.338. The third kappa shape index (κ3) is 2.26. The lowest BCUT2D eigenvalue weighted by molar-refractivity contribution is 0.0526. The molecule has 0 bridgehead atoms. The number of carbonyl (C=O) groups excluding carboxylic acids is 1. The molecule has 0 aliphatic heterocycles. The summed E-state index contributed by atoms with van der Waals surface area (Å²) < 4.78 is 5.69. The maximum absolute atomic E-state index is 11.4. The SMILES string of the molecule is CCOC(=O)c1cc(C)c(Br)c(N)c1. The minimum atomic E-state index is -0.338. The van der Waals surface area contributed by atoms with Crippen LogP contribution in [0.4, 0.5) is 5.69 Å². The Morgan fingerprint density at radius 2 is 2.21 bits per heavy atom. The van der Waals surface area contributed by atoms with Crippen molar-refractivity contribution in [3.05, 3.63) is 27.7 Å². The van der Waals surface area contributed by atoms with Gasteiger partial charge in [-0.1, -0.05) is 0 Å². The van der Waals surface area contributed by atoms with Crippen molar-refractivity contribution in [2.24, 2.45) is 0 Å². The Balaban J connectivity index is 3.06. The molecule has 1 rings (SSSR count). The molecule has 0 atom stereocenters. The average Bonchev–Trinajstić information content (AvgIpc) is 2.13. The molecule has 0 saturated heterocycles. The highest BCUT2D eigenvalue weighted by Gasteiger charge is 2.10. The van der Waals surface area contributed by atoms with Crippen LogP contribution in [0, 0.1) is 6.92 Å². The molecule has 0 aliphatic rings. The molecule has 0 unspecified atom stereocenters. The normalized spacial score (nSPS) is 9.93. The Hall–Kier alpha value is -1.03. The topological polar surface area (TPSA) is 52.3 Å². The minimum Gasteiger partial charge on any atom is -0.462 e. The number of carbonyl (C=O) groups is 1. The Labute approximate surface area is 91.4 Å². The van der Waals surface area contributed by atoms with Crippen molar-refractivity contribution in [1.29, 1.82) is 0 Å². The Morgan fingerprint density at radius 1 is 1.57 bits per heavy atom. The van der Waals surface area contributed by atoms with Crippen molar-refractivity contribution in [3.63, 3.8) is 0 Å². The van der Waals surface area contributed by atoms with E-state index in [0.29, 0.717) is 17.9 Å². The summed E-state index contributed by atoms with van der Waals surface area (Å²) in [5, 5.41) is 0. The number of ether oxygens (including phenoxy) is 1. The van der Waals surface area contributed by atoms with Crippen LogP contribution >= 0.6 is 15.9 Å². The van der Waals surface area contributed by atoms with Crippen molar-refractivity contribution < 1.29 is 9.53 Å². The summed E-state index contributed by atoms with van der Waals surface area (Å²) in [4.78, 5) is 11.4. The Bertz CT molecular complexity index is 340. The standard InChI is InChI=1S/C10H12BrNO2/c1-3-14-10(13)7-4-6(2)9(11)8(12)5-7/h4-5H,3,12H2,1-2H3. The summed E-state index contributed by atoms with van der Waals surface area (Å²) in [6.45, 7) is 4.02. The van der Waals surface area contributed by atoms with Gasteiger partial charge in [-0.05, 0) is 47.5 Å². The van der Waals surface area contributed by atoms with Crippen LogP contribution in [0.5, 0.6) is 0 Å². The van der Waals surface area contributed by atoms with Gasteiger partial charge in [-0.25, -0.2) is 4.79 Å². The maximum atomic E-state index is 11.4. The van der Waals surface area contributed by atoms with E-state index < -0.39 is 0 Å². The molecule has 14 heavy (non-hydrogen) atoms. The Kier molecular flexibility index (Phi) is 3.52. The van der Waals surface area contributed by atoms with E-state index >= 15 is 0 Å². The van der Waals surface area contributed by atoms with Gasteiger partial charge in [-0.15, -0.1) is 0 Å². The lowest BCUT2D eigenvalue weighted by atomic mass is 10.1. The first-order chi connectivity index (χ1) is 6.56. The van der Waals surface area contributed by atoms with Crippen molar-refractivity contribution >= 4 is 27.6 Å². The van der Waals surface area contributed by atoms with Gasteiger partial charge in [0, 0.05) is 10.2 Å². The molecule has 1 aromatic carbocycles. The third-order valence-electron chi connectivity index (χ3n) is 1.79. The van der Waals surface area contributed by atoms with Crippen LogP contribution in [-0.4, -0.2) is 12.6 Å². The zero-order valence-corrected chi connectivity index (χ0v) is 9.72. The number of hydrogen-bond donors (Lipinski definition) is 1. The lowest BCUT2D eigenvalue weighted by Crippen LogP contribution is -2.06. The molecule has 0 fully saturated rings. The molecule has 76 valence electrons. The largest absolute Gasteiger partial charge is 0.462 e. The van der Waals surface area contributed by atoms with E-state index in [4.69, 9.17) is 10.5 Å². The average molecular weight is 258 g/mol. The van der Waals surface area contributed by atoms with Crippen LogP contribution < -0.4 is 5.73 Å². The van der Waals surface area contributed by atoms with Gasteiger partial charge >= 0.3 is 5.97 Å². The molecule has 0 aromatic heterocycles. The number of benzene rings is 1. The van der Waals surface area contributed by atoms with Gasteiger partial charge < -0.3 is 10.5 Å². The number of nitrogens with two attached hydrogens (primary N) is 1. The van der Waals surface area contributed by atoms with Gasteiger partial charge in [0.25, 0.3) is 0 Å². The lowest BCUT2D eigenvalue weighted by Gasteiger charge is -2.06. The number of aryl methyl sites for hydroxylation is 1. The second kappa shape index (κ2) is 4.46. The van der Waals surface area contributed by atoms with Crippen molar-refractivity contribution in [2.45, 2.75) is 13.8 Å². The number of hydrogen-bond acceptors (Lipinski definition) is 3. The van der Waals surface area contributed by atoms with E-state index in [-0.39, 0.29) is 5.97 Å². The molecule has 1 aromatic rings. The van der Waals surface area contributed by atoms with Gasteiger partial charge in [0.2, 0.25) is 0 Å². The molecule has 4 heteroatoms. The van der Waals surface area contributed by atoms with Crippen LogP contribution in [-0.2, 0) is 4.74 Å². The van der Waals surface area contributed by atoms with Gasteiger partial charge in [0.1, 0.15) is 0 Å².